The van der Waals surface area contributed by atoms with Gasteiger partial charge in [-0.05, 0) is 0 Å². The molecule has 8 atom stereocenters. The number of ether oxygens (including phenoxy) is 4. The van der Waals surface area contributed by atoms with E-state index < -0.39 is 145 Å². The first-order valence-electron chi connectivity index (χ1n) is 12.7. The van der Waals surface area contributed by atoms with Crippen LogP contribution in [0.15, 0.2) is 46.1 Å². The fourth-order valence-corrected chi connectivity index (χ4v) is 3.26. The maximum atomic E-state index is 10.6. The average Bonchev–Trinajstić information content (AvgIpc) is 3.70. The summed E-state index contributed by atoms with van der Waals surface area (Å²) in [5.74, 6) is -13.0. The van der Waals surface area contributed by atoms with Crippen LogP contribution in [0, 0.1) is 0 Å². The normalized spacial score (nSPS) is 25.3. The molecule has 0 aliphatic carbocycles. The van der Waals surface area contributed by atoms with Gasteiger partial charge in [0.25, 0.3) is 0 Å². The van der Waals surface area contributed by atoms with Crippen LogP contribution in [0.2, 0.25) is 0 Å². The third-order valence-electron chi connectivity index (χ3n) is 5.83. The molecule has 0 bridgehead atoms. The number of hydrogen-bond acceptors (Lipinski definition) is 24. The van der Waals surface area contributed by atoms with E-state index in [1.165, 1.54) is 0 Å². The van der Waals surface area contributed by atoms with Crippen molar-refractivity contribution in [2.75, 3.05) is 26.4 Å². The van der Waals surface area contributed by atoms with Crippen molar-refractivity contribution in [3.8, 4) is 0 Å². The molecule has 272 valence electrons. The molecule has 0 radical (unpaired) electrons. The molecule has 25 heteroatoms. The number of hydrogen-bond donors (Lipinski definition) is 12. The van der Waals surface area contributed by atoms with Crippen molar-refractivity contribution in [2.45, 2.75) is 48.8 Å². The summed E-state index contributed by atoms with van der Waals surface area (Å²) < 4.78 is 17.0. The number of esters is 4. The first-order valence-corrected chi connectivity index (χ1v) is 12.7. The van der Waals surface area contributed by atoms with Crippen LogP contribution in [-0.2, 0) is 64.3 Å². The Kier molecular flexibility index (Phi) is 18.0. The van der Waals surface area contributed by atoms with Gasteiger partial charge in [-0.25, -0.2) is 19.2 Å². The van der Waals surface area contributed by atoms with E-state index in [0.29, 0.717) is 0 Å². The zero-order valence-corrected chi connectivity index (χ0v) is 26.7. The topological polar surface area (TPSA) is 440 Å². The Morgan fingerprint density at radius 3 is 0.653 bits per heavy atom. The minimum absolute atomic E-state index is 0. The molecule has 0 aromatic carbocycles. The fraction of sp³-hybridized carbons (Fsp3) is 0.500. The van der Waals surface area contributed by atoms with Crippen molar-refractivity contribution < 1.29 is 146 Å². The number of aliphatic hydroxyl groups is 12. The van der Waals surface area contributed by atoms with Crippen molar-refractivity contribution in [3.05, 3.63) is 46.1 Å². The molecule has 49 heavy (non-hydrogen) atoms. The summed E-state index contributed by atoms with van der Waals surface area (Å²) in [4.78, 5) is 41.9. The summed E-state index contributed by atoms with van der Waals surface area (Å²) in [6.07, 6.45) is -11.5. The summed E-state index contributed by atoms with van der Waals surface area (Å²) in [6, 6.07) is 0. The molecule has 24 nitrogen and oxygen atoms in total. The Balaban J connectivity index is 0.000000623. The van der Waals surface area contributed by atoms with Gasteiger partial charge in [0, 0.05) is 23.0 Å². The Morgan fingerprint density at radius 2 is 0.571 bits per heavy atom. The zero-order valence-electron chi connectivity index (χ0n) is 24.2. The Hall–Kier alpha value is -4.20. The second-order valence-corrected chi connectivity index (χ2v) is 9.16. The van der Waals surface area contributed by atoms with E-state index in [9.17, 15) is 39.6 Å². The van der Waals surface area contributed by atoms with E-state index in [4.69, 9.17) is 61.3 Å². The van der Waals surface area contributed by atoms with Crippen LogP contribution in [0.4, 0.5) is 0 Å². The molecule has 4 aliphatic heterocycles. The van der Waals surface area contributed by atoms with Crippen molar-refractivity contribution >= 4 is 23.9 Å². The summed E-state index contributed by atoms with van der Waals surface area (Å²) in [7, 11) is 0. The molecule has 0 unspecified atom stereocenters. The SMILES string of the molecule is O=C1O[C@H]([C@@H](O)CO)C(O)=C1[O-].O=C1O[C@H]([C@@H](O)CO)C(O)=C1[O-].O=C1O[C@H]([C@@H](O)CO)C(O)=C1[O-].O=C1O[C@H]([C@@H](O)CO)C(O)=C1[O-].[Zr+4]. The second-order valence-electron chi connectivity index (χ2n) is 9.16. The van der Waals surface area contributed by atoms with E-state index in [-0.39, 0.29) is 26.2 Å². The molecule has 4 aliphatic rings. The molecule has 0 saturated heterocycles. The van der Waals surface area contributed by atoms with Crippen LogP contribution < -0.4 is 20.4 Å². The minimum Gasteiger partial charge on any atom is -0.865 e. The van der Waals surface area contributed by atoms with Gasteiger partial charge in [0.1, 0.15) is 47.5 Å². The number of carbonyl (C=O) groups excluding carboxylic acids is 4. The summed E-state index contributed by atoms with van der Waals surface area (Å²) in [6.45, 7) is -2.80. The molecular formula is C24H28O24Zr. The van der Waals surface area contributed by atoms with Gasteiger partial charge in [-0.1, -0.05) is 0 Å². The van der Waals surface area contributed by atoms with Gasteiger partial charge in [0.2, 0.25) is 0 Å². The standard InChI is InChI=1S/4C6H8O6.Zr/c4*7-1-2(8)5-3(9)4(10)6(11)12-5;/h4*2,5,7-10H,1H2;/q;;;;+4/p-4/t4*2-,5+;/m0000./s1. The molecule has 0 aromatic heterocycles. The fourth-order valence-electron chi connectivity index (χ4n) is 3.26. The van der Waals surface area contributed by atoms with Crippen molar-refractivity contribution in [1.29, 1.82) is 0 Å². The van der Waals surface area contributed by atoms with Crippen molar-refractivity contribution in [3.63, 3.8) is 0 Å². The number of aliphatic hydroxyl groups excluding tert-OH is 12. The van der Waals surface area contributed by atoms with Gasteiger partial charge in [0.15, 0.2) is 24.4 Å². The van der Waals surface area contributed by atoms with E-state index in [1.54, 1.807) is 0 Å². The Bertz CT molecular complexity index is 1140. The van der Waals surface area contributed by atoms with Crippen LogP contribution in [0.5, 0.6) is 0 Å². The minimum atomic E-state index is -1.46. The molecule has 12 N–H and O–H groups in total. The Labute approximate surface area is 290 Å². The Morgan fingerprint density at radius 1 is 0.429 bits per heavy atom. The van der Waals surface area contributed by atoms with E-state index in [2.05, 4.69) is 18.9 Å². The molecule has 0 aromatic rings. The van der Waals surface area contributed by atoms with Gasteiger partial charge in [-0.15, -0.1) is 0 Å². The predicted octanol–water partition coefficient (Wildman–Crippen LogP) is -10.4. The summed E-state index contributed by atoms with van der Waals surface area (Å²) in [5, 5.41) is 147. The van der Waals surface area contributed by atoms with E-state index in [0.717, 1.165) is 0 Å². The van der Waals surface area contributed by atoms with Crippen LogP contribution in [-0.4, -0.2) is 160 Å². The second kappa shape index (κ2) is 19.7. The van der Waals surface area contributed by atoms with Crippen LogP contribution in [0.3, 0.4) is 0 Å². The number of carbonyl (C=O) groups is 4. The van der Waals surface area contributed by atoms with Gasteiger partial charge in [-0.3, -0.25) is 0 Å². The third-order valence-corrected chi connectivity index (χ3v) is 5.83. The quantitative estimate of drug-likeness (QED) is 0.0802. The van der Waals surface area contributed by atoms with Gasteiger partial charge in [0.05, 0.1) is 26.4 Å². The van der Waals surface area contributed by atoms with Crippen LogP contribution in [0.1, 0.15) is 0 Å². The molecule has 4 rings (SSSR count). The summed E-state index contributed by atoms with van der Waals surface area (Å²) >= 11 is 0. The van der Waals surface area contributed by atoms with Gasteiger partial charge >= 0.3 is 50.1 Å². The van der Waals surface area contributed by atoms with E-state index >= 15 is 0 Å². The third kappa shape index (κ3) is 10.9. The predicted molar refractivity (Wildman–Crippen MR) is 131 cm³/mol. The molecule has 0 saturated carbocycles. The van der Waals surface area contributed by atoms with Crippen molar-refractivity contribution in [1.82, 2.24) is 0 Å². The maximum Gasteiger partial charge on any atom is 4.00 e. The maximum absolute atomic E-state index is 10.6. The smallest absolute Gasteiger partial charge is 0.865 e. The van der Waals surface area contributed by atoms with Gasteiger partial charge < -0.3 is 101 Å². The van der Waals surface area contributed by atoms with E-state index in [1.807, 2.05) is 0 Å². The van der Waals surface area contributed by atoms with Crippen molar-refractivity contribution in [2.24, 2.45) is 0 Å². The molecule has 0 spiro atoms. The largest absolute Gasteiger partial charge is 4.00 e. The molecule has 0 fully saturated rings. The average molecular weight is 792 g/mol. The zero-order chi connectivity index (χ0) is 37.2. The molecule has 0 amide bonds. The monoisotopic (exact) mass is 790 g/mol. The first-order chi connectivity index (χ1) is 22.3. The summed E-state index contributed by atoms with van der Waals surface area (Å²) in [5.41, 5.74) is 0. The van der Waals surface area contributed by atoms with Gasteiger partial charge in [-0.2, -0.15) is 0 Å². The first kappa shape index (κ1) is 44.8. The molecular weight excluding hydrogens is 763 g/mol. The number of rotatable bonds is 8. The number of cyclic esters (lactones) is 4. The van der Waals surface area contributed by atoms with Crippen LogP contribution in [0.25, 0.3) is 0 Å². The van der Waals surface area contributed by atoms with Crippen LogP contribution >= 0.6 is 0 Å². The molecule has 4 heterocycles.